The molecule has 0 aromatic heterocycles. The van der Waals surface area contributed by atoms with E-state index in [1.165, 1.54) is 0 Å². The Bertz CT molecular complexity index is 318. The van der Waals surface area contributed by atoms with Crippen LogP contribution in [0.2, 0.25) is 0 Å². The molecule has 1 aliphatic carbocycles. The van der Waals surface area contributed by atoms with Crippen molar-refractivity contribution in [1.82, 2.24) is 5.06 Å². The first kappa shape index (κ1) is 11.4. The predicted molar refractivity (Wildman–Crippen MR) is 44.9 cm³/mol. The Kier molecular flexibility index (Phi) is 2.65. The van der Waals surface area contributed by atoms with Gasteiger partial charge in [0.25, 0.3) is 0 Å². The Morgan fingerprint density at radius 2 is 1.69 bits per heavy atom. The van der Waals surface area contributed by atoms with E-state index in [-0.39, 0.29) is 30.7 Å². The van der Waals surface area contributed by atoms with Crippen LogP contribution in [0.4, 0.5) is 13.2 Å². The molecule has 1 saturated carbocycles. The molecule has 0 amide bonds. The standard InChI is InChI=1S/C9H10F3NO3/c10-9(11,12)8(15)16-13-3-6(4-13)7(14)5-1-2-5/h5-6H,1-4H2. The Balaban J connectivity index is 1.72. The number of carbonyl (C=O) groups is 2. The van der Waals surface area contributed by atoms with E-state index in [2.05, 4.69) is 4.84 Å². The smallest absolute Gasteiger partial charge is 0.361 e. The number of rotatable bonds is 3. The number of halogens is 3. The number of Topliss-reactive ketones (excluding diaryl/α,β-unsaturated/α-hetero) is 1. The van der Waals surface area contributed by atoms with Crippen molar-refractivity contribution in [3.8, 4) is 0 Å². The van der Waals surface area contributed by atoms with Gasteiger partial charge in [0, 0.05) is 24.9 Å². The van der Waals surface area contributed by atoms with E-state index in [9.17, 15) is 22.8 Å². The number of hydrogen-bond donors (Lipinski definition) is 0. The van der Waals surface area contributed by atoms with Crippen molar-refractivity contribution < 1.29 is 27.6 Å². The van der Waals surface area contributed by atoms with Gasteiger partial charge in [0.05, 0.1) is 0 Å². The highest BCUT2D eigenvalue weighted by molar-refractivity contribution is 5.86. The van der Waals surface area contributed by atoms with Gasteiger partial charge in [0.2, 0.25) is 0 Å². The van der Waals surface area contributed by atoms with Gasteiger partial charge in [0.15, 0.2) is 0 Å². The molecule has 2 aliphatic rings. The Hall–Kier alpha value is -1.11. The lowest BCUT2D eigenvalue weighted by Gasteiger charge is -2.36. The largest absolute Gasteiger partial charge is 0.492 e. The molecule has 1 saturated heterocycles. The van der Waals surface area contributed by atoms with Gasteiger partial charge < -0.3 is 4.84 Å². The Labute approximate surface area is 89.3 Å². The summed E-state index contributed by atoms with van der Waals surface area (Å²) in [5, 5.41) is 0.876. The molecular formula is C9H10F3NO3. The summed E-state index contributed by atoms with van der Waals surface area (Å²) in [5.41, 5.74) is 0. The minimum Gasteiger partial charge on any atom is -0.361 e. The van der Waals surface area contributed by atoms with Crippen LogP contribution in [0.25, 0.3) is 0 Å². The van der Waals surface area contributed by atoms with E-state index in [4.69, 9.17) is 0 Å². The predicted octanol–water partition coefficient (Wildman–Crippen LogP) is 0.918. The van der Waals surface area contributed by atoms with Crippen LogP contribution in [0.3, 0.4) is 0 Å². The molecule has 2 fully saturated rings. The molecule has 1 heterocycles. The highest BCUT2D eigenvalue weighted by Crippen LogP contribution is 2.35. The third kappa shape index (κ3) is 2.34. The van der Waals surface area contributed by atoms with E-state index in [1.54, 1.807) is 0 Å². The molecule has 16 heavy (non-hydrogen) atoms. The molecule has 90 valence electrons. The van der Waals surface area contributed by atoms with E-state index >= 15 is 0 Å². The normalized spacial score (nSPS) is 22.7. The number of hydroxylamine groups is 2. The summed E-state index contributed by atoms with van der Waals surface area (Å²) in [6.45, 7) is 0.161. The maximum absolute atomic E-state index is 11.8. The van der Waals surface area contributed by atoms with E-state index in [1.807, 2.05) is 0 Å². The number of alkyl halides is 3. The van der Waals surface area contributed by atoms with Crippen molar-refractivity contribution in [1.29, 1.82) is 0 Å². The van der Waals surface area contributed by atoms with Crippen molar-refractivity contribution in [2.45, 2.75) is 19.0 Å². The average molecular weight is 237 g/mol. The zero-order valence-corrected chi connectivity index (χ0v) is 8.29. The molecule has 0 unspecified atom stereocenters. The summed E-state index contributed by atoms with van der Waals surface area (Å²) >= 11 is 0. The van der Waals surface area contributed by atoms with Crippen LogP contribution in [-0.4, -0.2) is 36.1 Å². The minimum atomic E-state index is -4.98. The summed E-state index contributed by atoms with van der Waals surface area (Å²) in [6, 6.07) is 0. The lowest BCUT2D eigenvalue weighted by atomic mass is 9.94. The van der Waals surface area contributed by atoms with Crippen molar-refractivity contribution >= 4 is 11.8 Å². The number of nitrogens with zero attached hydrogens (tertiary/aromatic N) is 1. The van der Waals surface area contributed by atoms with E-state index in [0.29, 0.717) is 0 Å². The third-order valence-corrected chi connectivity index (χ3v) is 2.67. The minimum absolute atomic E-state index is 0.0805. The summed E-state index contributed by atoms with van der Waals surface area (Å²) in [7, 11) is 0. The maximum Gasteiger partial charge on any atom is 0.492 e. The molecule has 0 spiro atoms. The maximum atomic E-state index is 11.8. The van der Waals surface area contributed by atoms with Crippen molar-refractivity contribution in [3.05, 3.63) is 0 Å². The molecule has 0 N–H and O–H groups in total. The second-order valence-corrected chi connectivity index (χ2v) is 4.10. The first-order chi connectivity index (χ1) is 7.38. The van der Waals surface area contributed by atoms with Gasteiger partial charge >= 0.3 is 12.1 Å². The first-order valence-corrected chi connectivity index (χ1v) is 4.95. The molecular weight excluding hydrogens is 227 g/mol. The molecule has 7 heteroatoms. The summed E-state index contributed by atoms with van der Waals surface area (Å²) in [5.74, 6) is -2.33. The molecule has 0 atom stereocenters. The summed E-state index contributed by atoms with van der Waals surface area (Å²) in [6.07, 6.45) is -3.24. The van der Waals surface area contributed by atoms with Gasteiger partial charge in [-0.25, -0.2) is 4.79 Å². The molecule has 0 radical (unpaired) electrons. The average Bonchev–Trinajstić information content (AvgIpc) is 2.89. The van der Waals surface area contributed by atoms with Crippen LogP contribution in [0.15, 0.2) is 0 Å². The van der Waals surface area contributed by atoms with Crippen molar-refractivity contribution in [2.24, 2.45) is 11.8 Å². The highest BCUT2D eigenvalue weighted by atomic mass is 19.4. The van der Waals surface area contributed by atoms with Crippen LogP contribution >= 0.6 is 0 Å². The molecule has 0 aromatic carbocycles. The lowest BCUT2D eigenvalue weighted by Crippen LogP contribution is -2.52. The van der Waals surface area contributed by atoms with Crippen molar-refractivity contribution in [2.75, 3.05) is 13.1 Å². The van der Waals surface area contributed by atoms with Crippen LogP contribution in [-0.2, 0) is 14.4 Å². The lowest BCUT2D eigenvalue weighted by molar-refractivity contribution is -0.257. The van der Waals surface area contributed by atoms with Gasteiger partial charge in [-0.2, -0.15) is 13.2 Å². The highest BCUT2D eigenvalue weighted by Gasteiger charge is 2.46. The topological polar surface area (TPSA) is 46.6 Å². The van der Waals surface area contributed by atoms with Crippen LogP contribution in [0.1, 0.15) is 12.8 Å². The van der Waals surface area contributed by atoms with Crippen LogP contribution < -0.4 is 0 Å². The van der Waals surface area contributed by atoms with Gasteiger partial charge in [-0.1, -0.05) is 0 Å². The Morgan fingerprint density at radius 3 is 2.12 bits per heavy atom. The SMILES string of the molecule is O=C(C1CC1)C1CN(OC(=O)C(F)(F)F)C1. The summed E-state index contributed by atoms with van der Waals surface area (Å²) in [4.78, 5) is 25.9. The summed E-state index contributed by atoms with van der Waals surface area (Å²) < 4.78 is 35.4. The molecule has 1 aliphatic heterocycles. The Morgan fingerprint density at radius 1 is 1.12 bits per heavy atom. The number of carbonyl (C=O) groups excluding carboxylic acids is 2. The molecule has 4 nitrogen and oxygen atoms in total. The zero-order chi connectivity index (χ0) is 11.9. The van der Waals surface area contributed by atoms with Gasteiger partial charge in [-0.05, 0) is 12.8 Å². The van der Waals surface area contributed by atoms with Crippen LogP contribution in [0, 0.1) is 11.8 Å². The van der Waals surface area contributed by atoms with Gasteiger partial charge in [-0.15, -0.1) is 5.06 Å². The molecule has 0 aromatic rings. The molecule has 0 bridgehead atoms. The fourth-order valence-electron chi connectivity index (χ4n) is 1.56. The first-order valence-electron chi connectivity index (χ1n) is 4.95. The fourth-order valence-corrected chi connectivity index (χ4v) is 1.56. The second-order valence-electron chi connectivity index (χ2n) is 4.10. The zero-order valence-electron chi connectivity index (χ0n) is 8.29. The van der Waals surface area contributed by atoms with E-state index < -0.39 is 12.1 Å². The quantitative estimate of drug-likeness (QED) is 0.732. The van der Waals surface area contributed by atoms with Gasteiger partial charge in [-0.3, -0.25) is 4.79 Å². The third-order valence-electron chi connectivity index (χ3n) is 2.67. The van der Waals surface area contributed by atoms with Gasteiger partial charge in [0.1, 0.15) is 5.78 Å². The fraction of sp³-hybridized carbons (Fsp3) is 0.778. The van der Waals surface area contributed by atoms with E-state index in [0.717, 1.165) is 17.9 Å². The monoisotopic (exact) mass is 237 g/mol. The number of ketones is 1. The second kappa shape index (κ2) is 3.73. The van der Waals surface area contributed by atoms with Crippen molar-refractivity contribution in [3.63, 3.8) is 0 Å². The molecule has 2 rings (SSSR count). The number of hydrogen-bond acceptors (Lipinski definition) is 4. The van der Waals surface area contributed by atoms with Crippen LogP contribution in [0.5, 0.6) is 0 Å².